The Bertz CT molecular complexity index is 1800. The zero-order chi connectivity index (χ0) is 31.8. The molecule has 11 N–H and O–H groups in total. The molecule has 3 aliphatic rings. The summed E-state index contributed by atoms with van der Waals surface area (Å²) < 4.78 is 35.9. The molecule has 2 bridgehead atoms. The van der Waals surface area contributed by atoms with Crippen molar-refractivity contribution in [1.29, 1.82) is 0 Å². The molecule has 22 nitrogen and oxygen atoms in total. The van der Waals surface area contributed by atoms with E-state index in [1.54, 1.807) is 0 Å². The minimum absolute atomic E-state index is 0.0199. The van der Waals surface area contributed by atoms with Crippen LogP contribution in [-0.2, 0) is 27.6 Å². The van der Waals surface area contributed by atoms with E-state index in [0.717, 1.165) is 0 Å². The first kappa shape index (κ1) is 30.6. The number of anilines is 2. The number of ether oxygens (including phenoxy) is 2. The van der Waals surface area contributed by atoms with Crippen LogP contribution in [0.15, 0.2) is 29.7 Å². The van der Waals surface area contributed by atoms with Crippen molar-refractivity contribution in [1.82, 2.24) is 34.1 Å². The second kappa shape index (κ2) is 11.0. The Balaban J connectivity index is 1.20. The van der Waals surface area contributed by atoms with Gasteiger partial charge in [-0.25, -0.2) is 0 Å². The number of nitrogens with zero attached hydrogens (tertiary/aromatic N) is 6. The van der Waals surface area contributed by atoms with E-state index in [1.165, 1.54) is 34.1 Å². The fourth-order valence-electron chi connectivity index (χ4n) is 5.56. The Hall–Kier alpha value is -3.05. The van der Waals surface area contributed by atoms with E-state index in [1.807, 2.05) is 0 Å². The van der Waals surface area contributed by atoms with Gasteiger partial charge in [-0.2, -0.15) is 0 Å². The van der Waals surface area contributed by atoms with Gasteiger partial charge in [-0.15, -0.1) is 0 Å². The van der Waals surface area contributed by atoms with Crippen molar-refractivity contribution in [3.05, 3.63) is 35.3 Å². The monoisotopic (exact) mass is 677 g/mol. The molecule has 0 aromatic carbocycles. The summed E-state index contributed by atoms with van der Waals surface area (Å²) in [7, 11) is -10.3. The molecule has 24 heteroatoms. The van der Waals surface area contributed by atoms with E-state index in [2.05, 4.69) is 24.9 Å². The molecule has 0 amide bonds. The van der Waals surface area contributed by atoms with Gasteiger partial charge in [0.2, 0.25) is 0 Å². The van der Waals surface area contributed by atoms with Crippen molar-refractivity contribution in [2.75, 3.05) is 24.7 Å². The van der Waals surface area contributed by atoms with Gasteiger partial charge >= 0.3 is 251 Å². The van der Waals surface area contributed by atoms with Crippen molar-refractivity contribution in [3.63, 3.8) is 0 Å². The number of aromatic nitrogens is 7. The first-order valence-electron chi connectivity index (χ1n) is 13.3. The van der Waals surface area contributed by atoms with Gasteiger partial charge in [0.05, 0.1) is 0 Å². The second-order valence-electron chi connectivity index (χ2n) is 10.5. The van der Waals surface area contributed by atoms with Gasteiger partial charge in [-0.3, -0.25) is 0 Å². The molecule has 0 saturated carbocycles. The summed E-state index contributed by atoms with van der Waals surface area (Å²) in [4.78, 5) is 74.1. The molecule has 3 aliphatic heterocycles. The molecule has 3 saturated heterocycles. The molecular formula is C21H29N9O13P2. The van der Waals surface area contributed by atoms with Crippen LogP contribution in [0.4, 0.5) is 11.8 Å². The third-order valence-electron chi connectivity index (χ3n) is 7.61. The standard InChI is InChI=1S/C21H29N9O13P2/c22-15-10-17(25-5-24-15)30(6-26-10)19-12(32)13-9(41-19)4-39-45(36,37)43-14-11(31)8(3-38-44(34,35)42-13)40-20(14)29-2-1-7-16(29)27-21(23)28-18(7)33/h1-2,5-6,8-9,11-14,19-20,31-32,34-37,44-45H,3-4H2,(H2,22,24,25)(H3,23,27,28,33)/t8-,9-,11-,12-,13-,14-,19-,20-/m1/s1. The molecule has 246 valence electrons. The molecule has 4 aromatic heterocycles. The van der Waals surface area contributed by atoms with E-state index in [-0.39, 0.29) is 34.0 Å². The predicted molar refractivity (Wildman–Crippen MR) is 151 cm³/mol. The molecule has 7 heterocycles. The number of fused-ring (bicyclic) bond motifs is 5. The maximum absolute atomic E-state index is 12.4. The number of nitrogen functional groups attached to an aromatic ring is 2. The average molecular weight is 677 g/mol. The van der Waals surface area contributed by atoms with Gasteiger partial charge < -0.3 is 0 Å². The molecule has 45 heavy (non-hydrogen) atoms. The van der Waals surface area contributed by atoms with E-state index in [0.29, 0.717) is 0 Å². The van der Waals surface area contributed by atoms with Crippen LogP contribution < -0.4 is 17.0 Å². The number of aromatic amines is 1. The molecule has 0 unspecified atom stereocenters. The topological polar surface area (TPSA) is 323 Å². The maximum atomic E-state index is 12.4. The second-order valence-corrected chi connectivity index (χ2v) is 13.7. The van der Waals surface area contributed by atoms with E-state index < -0.39 is 84.2 Å². The number of imidazole rings is 1. The first-order valence-corrected chi connectivity index (χ1v) is 16.7. The molecule has 3 fully saturated rings. The molecule has 4 aromatic rings. The van der Waals surface area contributed by atoms with Gasteiger partial charge in [-0.1, -0.05) is 0 Å². The van der Waals surface area contributed by atoms with Crippen LogP contribution >= 0.6 is 16.3 Å². The number of nitrogens with one attached hydrogen (secondary N) is 1. The van der Waals surface area contributed by atoms with Crippen LogP contribution in [0.5, 0.6) is 0 Å². The fourth-order valence-corrected chi connectivity index (χ4v) is 7.72. The fraction of sp³-hybridized carbons (Fsp3) is 0.476. The molecular weight excluding hydrogens is 648 g/mol. The Morgan fingerprint density at radius 2 is 1.56 bits per heavy atom. The van der Waals surface area contributed by atoms with Crippen molar-refractivity contribution in [3.8, 4) is 0 Å². The number of hydrogen-bond acceptors (Lipinski definition) is 19. The van der Waals surface area contributed by atoms with Gasteiger partial charge in [-0.05, 0) is 0 Å². The SMILES string of the molecule is Nc1nc2c(ccn2[C@@H]2O[C@@H]3CO[PH](O)(O)O[C@H]4[C@@H](O)[C@H](n5cnc6c(N)ncnc65)O[C@@H]4CO[PH](O)(O)O[C@@H]2[C@@H]3O)c(=O)[nH]1. The molecule has 0 aliphatic carbocycles. The Morgan fingerprint density at radius 3 is 2.31 bits per heavy atom. The molecule has 8 atom stereocenters. The van der Waals surface area contributed by atoms with Crippen LogP contribution in [0.25, 0.3) is 22.2 Å². The normalized spacial score (nSPS) is 34.9. The first-order chi connectivity index (χ1) is 21.3. The van der Waals surface area contributed by atoms with Gasteiger partial charge in [0.1, 0.15) is 0 Å². The van der Waals surface area contributed by atoms with E-state index in [4.69, 9.17) is 39.0 Å². The number of hydrogen-bond donors (Lipinski definition) is 9. The third-order valence-corrected chi connectivity index (χ3v) is 9.85. The van der Waals surface area contributed by atoms with Crippen LogP contribution in [0.3, 0.4) is 0 Å². The van der Waals surface area contributed by atoms with Crippen LogP contribution in [0.1, 0.15) is 12.5 Å². The third kappa shape index (κ3) is 5.43. The van der Waals surface area contributed by atoms with Crippen molar-refractivity contribution < 1.29 is 57.4 Å². The Labute approximate surface area is 251 Å². The molecule has 7 rings (SSSR count). The van der Waals surface area contributed by atoms with Crippen molar-refractivity contribution >= 4 is 50.3 Å². The zero-order valence-electron chi connectivity index (χ0n) is 22.7. The number of nitrogens with two attached hydrogens (primary N) is 2. The van der Waals surface area contributed by atoms with Crippen molar-refractivity contribution in [2.45, 2.75) is 49.1 Å². The summed E-state index contributed by atoms with van der Waals surface area (Å²) in [5.41, 5.74) is 11.4. The quantitative estimate of drug-likeness (QED) is 0.0946. The summed E-state index contributed by atoms with van der Waals surface area (Å²) in [5, 5.41) is 22.4. The Kier molecular flexibility index (Phi) is 7.50. The number of aliphatic hydroxyl groups excluding tert-OH is 2. The number of rotatable bonds is 2. The summed E-state index contributed by atoms with van der Waals surface area (Å²) >= 11 is 0. The van der Waals surface area contributed by atoms with Crippen LogP contribution in [0.2, 0.25) is 0 Å². The zero-order valence-corrected chi connectivity index (χ0v) is 24.7. The van der Waals surface area contributed by atoms with Gasteiger partial charge in [0.25, 0.3) is 0 Å². The van der Waals surface area contributed by atoms with Crippen LogP contribution in [-0.4, -0.2) is 114 Å². The minimum atomic E-state index is -5.18. The summed E-state index contributed by atoms with van der Waals surface area (Å²) in [6.45, 7) is -1.41. The van der Waals surface area contributed by atoms with Gasteiger partial charge in [0, 0.05) is 0 Å². The summed E-state index contributed by atoms with van der Waals surface area (Å²) in [6.07, 6.45) is -8.02. The Morgan fingerprint density at radius 1 is 0.867 bits per heavy atom. The van der Waals surface area contributed by atoms with Gasteiger partial charge in [0.15, 0.2) is 0 Å². The van der Waals surface area contributed by atoms with E-state index in [9.17, 15) is 34.6 Å². The predicted octanol–water partition coefficient (Wildman–Crippen LogP) is -3.15. The summed E-state index contributed by atoms with van der Waals surface area (Å²) in [5.74, 6) is -0.162. The summed E-state index contributed by atoms with van der Waals surface area (Å²) in [6, 6.07) is 1.39. The number of aliphatic hydroxyl groups is 2. The van der Waals surface area contributed by atoms with Crippen LogP contribution in [0, 0.1) is 0 Å². The molecule has 0 radical (unpaired) electrons. The number of H-pyrrole nitrogens is 1. The van der Waals surface area contributed by atoms with E-state index >= 15 is 0 Å². The molecule has 0 spiro atoms. The van der Waals surface area contributed by atoms with Crippen molar-refractivity contribution in [2.24, 2.45) is 0 Å². The average Bonchev–Trinajstić information content (AvgIpc) is 3.72.